The van der Waals surface area contributed by atoms with Crippen molar-refractivity contribution in [2.24, 2.45) is 0 Å². The standard InChI is InChI=1S/C23H19Cl2N3O2S/c1-14(15-5-3-2-4-6-15)26-21(29)16-7-10-18(11-8-16)27-23(31)28-22(30)19-12-9-17(24)13-20(19)25/h2-14H,1H3,(H,26,29)(H2,27,28,30,31). The predicted octanol–water partition coefficient (Wildman–Crippen LogP) is 5.61. The number of rotatable bonds is 5. The Bertz CT molecular complexity index is 1110. The Balaban J connectivity index is 1.56. The first kappa shape index (κ1) is 22.7. The predicted molar refractivity (Wildman–Crippen MR) is 129 cm³/mol. The van der Waals surface area contributed by atoms with Gasteiger partial charge in [0, 0.05) is 16.3 Å². The van der Waals surface area contributed by atoms with Crippen molar-refractivity contribution in [1.82, 2.24) is 10.6 Å². The van der Waals surface area contributed by atoms with Crippen LogP contribution in [0.15, 0.2) is 72.8 Å². The van der Waals surface area contributed by atoms with E-state index in [-0.39, 0.29) is 27.6 Å². The Labute approximate surface area is 195 Å². The van der Waals surface area contributed by atoms with Gasteiger partial charge in [0.2, 0.25) is 0 Å². The van der Waals surface area contributed by atoms with Crippen LogP contribution in [0.3, 0.4) is 0 Å². The van der Waals surface area contributed by atoms with Gasteiger partial charge >= 0.3 is 0 Å². The number of carbonyl (C=O) groups is 2. The minimum atomic E-state index is -0.454. The second-order valence-electron chi connectivity index (χ2n) is 6.72. The molecule has 0 aliphatic heterocycles. The van der Waals surface area contributed by atoms with Crippen molar-refractivity contribution in [2.45, 2.75) is 13.0 Å². The minimum absolute atomic E-state index is 0.103. The third kappa shape index (κ3) is 6.28. The van der Waals surface area contributed by atoms with Gasteiger partial charge in [-0.2, -0.15) is 0 Å². The van der Waals surface area contributed by atoms with Crippen LogP contribution in [0.25, 0.3) is 0 Å². The molecule has 3 aromatic carbocycles. The summed E-state index contributed by atoms with van der Waals surface area (Å²) >= 11 is 17.1. The van der Waals surface area contributed by atoms with Crippen LogP contribution >= 0.6 is 35.4 Å². The van der Waals surface area contributed by atoms with Crippen molar-refractivity contribution in [1.29, 1.82) is 0 Å². The lowest BCUT2D eigenvalue weighted by Crippen LogP contribution is -2.34. The molecule has 0 aliphatic rings. The smallest absolute Gasteiger partial charge is 0.258 e. The number of benzene rings is 3. The van der Waals surface area contributed by atoms with Crippen LogP contribution in [-0.4, -0.2) is 16.9 Å². The van der Waals surface area contributed by atoms with Crippen molar-refractivity contribution in [3.63, 3.8) is 0 Å². The molecule has 0 aromatic heterocycles. The first-order valence-corrected chi connectivity index (χ1v) is 10.5. The van der Waals surface area contributed by atoms with E-state index in [2.05, 4.69) is 16.0 Å². The number of nitrogens with one attached hydrogen (secondary N) is 3. The van der Waals surface area contributed by atoms with E-state index in [1.165, 1.54) is 12.1 Å². The molecule has 158 valence electrons. The fourth-order valence-corrected chi connectivity index (χ4v) is 3.52. The third-order valence-electron chi connectivity index (χ3n) is 4.45. The molecule has 3 aromatic rings. The summed E-state index contributed by atoms with van der Waals surface area (Å²) in [4.78, 5) is 24.8. The van der Waals surface area contributed by atoms with Gasteiger partial charge in [-0.3, -0.25) is 14.9 Å². The number of halogens is 2. The highest BCUT2D eigenvalue weighted by atomic mass is 35.5. The van der Waals surface area contributed by atoms with Gasteiger partial charge in [-0.25, -0.2) is 0 Å². The summed E-state index contributed by atoms with van der Waals surface area (Å²) in [5, 5.41) is 9.20. The van der Waals surface area contributed by atoms with E-state index in [4.69, 9.17) is 35.4 Å². The average Bonchev–Trinajstić information content (AvgIpc) is 2.74. The topological polar surface area (TPSA) is 70.2 Å². The highest BCUT2D eigenvalue weighted by Gasteiger charge is 2.13. The van der Waals surface area contributed by atoms with Gasteiger partial charge in [0.25, 0.3) is 11.8 Å². The summed E-state index contributed by atoms with van der Waals surface area (Å²) in [6.45, 7) is 1.93. The van der Waals surface area contributed by atoms with Gasteiger partial charge in [-0.15, -0.1) is 0 Å². The van der Waals surface area contributed by atoms with Crippen LogP contribution in [0.4, 0.5) is 5.69 Å². The lowest BCUT2D eigenvalue weighted by Gasteiger charge is -2.15. The number of carbonyl (C=O) groups excluding carboxylic acids is 2. The van der Waals surface area contributed by atoms with Crippen LogP contribution in [-0.2, 0) is 0 Å². The molecule has 8 heteroatoms. The van der Waals surface area contributed by atoms with E-state index >= 15 is 0 Å². The molecule has 31 heavy (non-hydrogen) atoms. The summed E-state index contributed by atoms with van der Waals surface area (Å²) in [7, 11) is 0. The van der Waals surface area contributed by atoms with Gasteiger partial charge in [-0.1, -0.05) is 53.5 Å². The zero-order chi connectivity index (χ0) is 22.4. The molecule has 0 saturated carbocycles. The average molecular weight is 472 g/mol. The molecule has 3 N–H and O–H groups in total. The van der Waals surface area contributed by atoms with E-state index in [9.17, 15) is 9.59 Å². The number of hydrogen-bond donors (Lipinski definition) is 3. The van der Waals surface area contributed by atoms with Crippen molar-refractivity contribution < 1.29 is 9.59 Å². The molecular weight excluding hydrogens is 453 g/mol. The molecule has 0 heterocycles. The van der Waals surface area contributed by atoms with Gasteiger partial charge < -0.3 is 10.6 Å². The largest absolute Gasteiger partial charge is 0.346 e. The van der Waals surface area contributed by atoms with Crippen LogP contribution in [0, 0.1) is 0 Å². The lowest BCUT2D eigenvalue weighted by molar-refractivity contribution is 0.0938. The third-order valence-corrected chi connectivity index (χ3v) is 5.21. The Hall–Kier alpha value is -2.93. The molecule has 0 radical (unpaired) electrons. The molecule has 0 saturated heterocycles. The first-order chi connectivity index (χ1) is 14.8. The maximum atomic E-state index is 12.5. The number of amides is 2. The van der Waals surface area contributed by atoms with Crippen molar-refractivity contribution >= 4 is 58.0 Å². The fraction of sp³-hybridized carbons (Fsp3) is 0.0870. The maximum Gasteiger partial charge on any atom is 0.258 e. The zero-order valence-electron chi connectivity index (χ0n) is 16.5. The molecule has 0 bridgehead atoms. The van der Waals surface area contributed by atoms with Gasteiger partial charge in [0.1, 0.15) is 0 Å². The van der Waals surface area contributed by atoms with Crippen LogP contribution in [0.2, 0.25) is 10.0 Å². The SMILES string of the molecule is CC(NC(=O)c1ccc(NC(=S)NC(=O)c2ccc(Cl)cc2Cl)cc1)c1ccccc1. The van der Waals surface area contributed by atoms with Crippen LogP contribution in [0.5, 0.6) is 0 Å². The molecule has 1 unspecified atom stereocenters. The first-order valence-electron chi connectivity index (χ1n) is 9.37. The summed E-state index contributed by atoms with van der Waals surface area (Å²) in [6.07, 6.45) is 0. The molecule has 0 fully saturated rings. The quantitative estimate of drug-likeness (QED) is 0.422. The molecular formula is C23H19Cl2N3O2S. The maximum absolute atomic E-state index is 12.5. The minimum Gasteiger partial charge on any atom is -0.346 e. The van der Waals surface area contributed by atoms with E-state index in [0.717, 1.165) is 5.56 Å². The van der Waals surface area contributed by atoms with Crippen LogP contribution in [0.1, 0.15) is 39.2 Å². The van der Waals surface area contributed by atoms with E-state index in [0.29, 0.717) is 16.3 Å². The van der Waals surface area contributed by atoms with Gasteiger partial charge in [0.15, 0.2) is 5.11 Å². The monoisotopic (exact) mass is 471 g/mol. The van der Waals surface area contributed by atoms with Crippen molar-refractivity contribution in [3.05, 3.63) is 99.5 Å². The number of thiocarbonyl (C=S) groups is 1. The molecule has 3 rings (SSSR count). The Morgan fingerprint density at radius 2 is 1.58 bits per heavy atom. The summed E-state index contributed by atoms with van der Waals surface area (Å²) < 4.78 is 0. The van der Waals surface area contributed by atoms with Crippen LogP contribution < -0.4 is 16.0 Å². The van der Waals surface area contributed by atoms with E-state index < -0.39 is 5.91 Å². The van der Waals surface area contributed by atoms with E-state index in [1.807, 2.05) is 37.3 Å². The molecule has 2 amide bonds. The van der Waals surface area contributed by atoms with Crippen molar-refractivity contribution in [2.75, 3.05) is 5.32 Å². The fourth-order valence-electron chi connectivity index (χ4n) is 2.82. The Kier molecular flexibility index (Phi) is 7.63. The summed E-state index contributed by atoms with van der Waals surface area (Å²) in [5.74, 6) is -0.638. The molecule has 0 spiro atoms. The molecule has 5 nitrogen and oxygen atoms in total. The summed E-state index contributed by atoms with van der Waals surface area (Å²) in [6, 6.07) is 20.9. The molecule has 1 atom stereocenters. The second-order valence-corrected chi connectivity index (χ2v) is 7.97. The lowest BCUT2D eigenvalue weighted by atomic mass is 10.1. The zero-order valence-corrected chi connectivity index (χ0v) is 18.8. The highest BCUT2D eigenvalue weighted by Crippen LogP contribution is 2.21. The number of hydrogen-bond acceptors (Lipinski definition) is 3. The Morgan fingerprint density at radius 1 is 0.903 bits per heavy atom. The van der Waals surface area contributed by atoms with E-state index in [1.54, 1.807) is 30.3 Å². The normalized spacial score (nSPS) is 11.3. The molecule has 0 aliphatic carbocycles. The van der Waals surface area contributed by atoms with Crippen molar-refractivity contribution in [3.8, 4) is 0 Å². The van der Waals surface area contributed by atoms with Gasteiger partial charge in [-0.05, 0) is 67.2 Å². The second kappa shape index (κ2) is 10.4. The highest BCUT2D eigenvalue weighted by molar-refractivity contribution is 7.80. The Morgan fingerprint density at radius 3 is 2.23 bits per heavy atom. The van der Waals surface area contributed by atoms with Gasteiger partial charge in [0.05, 0.1) is 16.6 Å². The number of anilines is 1. The summed E-state index contributed by atoms with van der Waals surface area (Å²) in [5.41, 5.74) is 2.42.